The van der Waals surface area contributed by atoms with Gasteiger partial charge in [0.05, 0.1) is 0 Å². The molecule has 0 amide bonds. The van der Waals surface area contributed by atoms with E-state index in [-0.39, 0.29) is 6.61 Å². The van der Waals surface area contributed by atoms with Crippen molar-refractivity contribution in [2.45, 2.75) is 44.7 Å². The summed E-state index contributed by atoms with van der Waals surface area (Å²) in [5.74, 6) is 1.00. The van der Waals surface area contributed by atoms with Gasteiger partial charge in [-0.25, -0.2) is 0 Å². The van der Waals surface area contributed by atoms with Gasteiger partial charge in [-0.2, -0.15) is 0 Å². The first kappa shape index (κ1) is 14.0. The highest BCUT2D eigenvalue weighted by molar-refractivity contribution is 9.10. The Morgan fingerprint density at radius 2 is 2.00 bits per heavy atom. The number of hydrogen-bond acceptors (Lipinski definition) is 2. The van der Waals surface area contributed by atoms with E-state index in [1.54, 1.807) is 0 Å². The van der Waals surface area contributed by atoms with E-state index in [1.165, 1.54) is 22.9 Å². The normalized spacial score (nSPS) is 26.4. The molecule has 2 nitrogen and oxygen atoms in total. The average Bonchev–Trinajstić information content (AvgIpc) is 2.33. The summed E-state index contributed by atoms with van der Waals surface area (Å²) in [6.07, 6.45) is 2.40. The molecule has 1 aromatic rings. The van der Waals surface area contributed by atoms with Crippen molar-refractivity contribution < 1.29 is 5.11 Å². The molecule has 0 heterocycles. The van der Waals surface area contributed by atoms with Crippen LogP contribution in [-0.4, -0.2) is 23.8 Å². The Balaban J connectivity index is 1.82. The summed E-state index contributed by atoms with van der Waals surface area (Å²) >= 11 is 3.62. The van der Waals surface area contributed by atoms with Gasteiger partial charge < -0.3 is 10.4 Å². The summed E-state index contributed by atoms with van der Waals surface area (Å²) in [5, 5.41) is 12.7. The second-order valence-electron chi connectivity index (χ2n) is 5.50. The molecule has 100 valence electrons. The van der Waals surface area contributed by atoms with Crippen LogP contribution >= 0.6 is 15.9 Å². The standard InChI is InChI=1S/C15H22BrNO/c1-10(9-18)11(2)17-13-7-12(8-13)14-5-3-4-6-15(14)16/h3-6,10-13,17-18H,7-9H2,1-2H3. The van der Waals surface area contributed by atoms with Crippen molar-refractivity contribution in [3.05, 3.63) is 34.3 Å². The van der Waals surface area contributed by atoms with E-state index >= 15 is 0 Å². The average molecular weight is 312 g/mol. The van der Waals surface area contributed by atoms with Crippen molar-refractivity contribution >= 4 is 15.9 Å². The number of hydrogen-bond donors (Lipinski definition) is 2. The zero-order chi connectivity index (χ0) is 13.1. The van der Waals surface area contributed by atoms with Gasteiger partial charge in [0.15, 0.2) is 0 Å². The first-order chi connectivity index (χ1) is 8.61. The van der Waals surface area contributed by atoms with Crippen LogP contribution in [0.5, 0.6) is 0 Å². The maximum absolute atomic E-state index is 9.13. The highest BCUT2D eigenvalue weighted by Crippen LogP contribution is 2.40. The zero-order valence-corrected chi connectivity index (χ0v) is 12.7. The highest BCUT2D eigenvalue weighted by Gasteiger charge is 2.32. The van der Waals surface area contributed by atoms with E-state index in [2.05, 4.69) is 59.4 Å². The van der Waals surface area contributed by atoms with Gasteiger partial charge in [-0.15, -0.1) is 0 Å². The van der Waals surface area contributed by atoms with Gasteiger partial charge in [-0.05, 0) is 43.2 Å². The molecule has 0 spiro atoms. The predicted octanol–water partition coefficient (Wildman–Crippen LogP) is 3.30. The minimum absolute atomic E-state index is 0.258. The van der Waals surface area contributed by atoms with E-state index in [0.717, 1.165) is 0 Å². The number of rotatable bonds is 5. The summed E-state index contributed by atoms with van der Waals surface area (Å²) in [6.45, 7) is 4.50. The van der Waals surface area contributed by atoms with Crippen LogP contribution in [0.3, 0.4) is 0 Å². The first-order valence-corrected chi connectivity index (χ1v) is 7.52. The molecule has 2 atom stereocenters. The lowest BCUT2D eigenvalue weighted by molar-refractivity contribution is 0.180. The Bertz CT molecular complexity index is 390. The van der Waals surface area contributed by atoms with Gasteiger partial charge in [0.25, 0.3) is 0 Å². The fourth-order valence-corrected chi connectivity index (χ4v) is 3.12. The van der Waals surface area contributed by atoms with Gasteiger partial charge in [0, 0.05) is 23.2 Å². The monoisotopic (exact) mass is 311 g/mol. The molecule has 1 aromatic carbocycles. The van der Waals surface area contributed by atoms with Crippen LogP contribution < -0.4 is 5.32 Å². The van der Waals surface area contributed by atoms with Crippen LogP contribution in [0.15, 0.2) is 28.7 Å². The fraction of sp³-hybridized carbons (Fsp3) is 0.600. The van der Waals surface area contributed by atoms with Crippen LogP contribution in [0, 0.1) is 5.92 Å². The third kappa shape index (κ3) is 3.14. The van der Waals surface area contributed by atoms with E-state index in [9.17, 15) is 0 Å². The maximum atomic E-state index is 9.13. The lowest BCUT2D eigenvalue weighted by Gasteiger charge is -2.39. The number of aliphatic hydroxyl groups excluding tert-OH is 1. The predicted molar refractivity (Wildman–Crippen MR) is 78.8 cm³/mol. The molecule has 1 aliphatic carbocycles. The summed E-state index contributed by atoms with van der Waals surface area (Å²) in [6, 6.07) is 9.49. The van der Waals surface area contributed by atoms with Crippen LogP contribution in [0.1, 0.15) is 38.2 Å². The minimum atomic E-state index is 0.258. The van der Waals surface area contributed by atoms with E-state index in [4.69, 9.17) is 5.11 Å². The summed E-state index contributed by atoms with van der Waals surface area (Å²) < 4.78 is 1.23. The Hall–Kier alpha value is -0.380. The first-order valence-electron chi connectivity index (χ1n) is 6.73. The Labute approximate surface area is 118 Å². The van der Waals surface area contributed by atoms with E-state index in [1.807, 2.05) is 0 Å². The Morgan fingerprint density at radius 1 is 1.33 bits per heavy atom. The van der Waals surface area contributed by atoms with Gasteiger partial charge in [0.2, 0.25) is 0 Å². The second kappa shape index (κ2) is 6.18. The van der Waals surface area contributed by atoms with Crippen molar-refractivity contribution in [1.29, 1.82) is 0 Å². The summed E-state index contributed by atoms with van der Waals surface area (Å²) in [5.41, 5.74) is 1.43. The van der Waals surface area contributed by atoms with Crippen LogP contribution in [-0.2, 0) is 0 Å². The molecule has 0 radical (unpaired) electrons. The Morgan fingerprint density at radius 3 is 2.61 bits per heavy atom. The van der Waals surface area contributed by atoms with Crippen molar-refractivity contribution in [3.63, 3.8) is 0 Å². The number of nitrogens with one attached hydrogen (secondary N) is 1. The highest BCUT2D eigenvalue weighted by atomic mass is 79.9. The quantitative estimate of drug-likeness (QED) is 0.874. The van der Waals surface area contributed by atoms with Gasteiger partial charge >= 0.3 is 0 Å². The minimum Gasteiger partial charge on any atom is -0.396 e. The molecule has 2 N–H and O–H groups in total. The molecule has 3 heteroatoms. The number of aliphatic hydroxyl groups is 1. The van der Waals surface area contributed by atoms with Crippen molar-refractivity contribution in [2.24, 2.45) is 5.92 Å². The van der Waals surface area contributed by atoms with Crippen LogP contribution in [0.2, 0.25) is 0 Å². The summed E-state index contributed by atoms with van der Waals surface area (Å²) in [7, 11) is 0. The lowest BCUT2D eigenvalue weighted by Crippen LogP contribution is -2.47. The van der Waals surface area contributed by atoms with Gasteiger partial charge in [-0.1, -0.05) is 41.1 Å². The van der Waals surface area contributed by atoms with Crippen molar-refractivity contribution in [1.82, 2.24) is 5.32 Å². The molecule has 0 saturated heterocycles. The Kier molecular flexibility index (Phi) is 4.82. The molecule has 0 bridgehead atoms. The molecule has 1 fully saturated rings. The molecule has 0 aromatic heterocycles. The molecule has 2 unspecified atom stereocenters. The summed E-state index contributed by atoms with van der Waals surface area (Å²) in [4.78, 5) is 0. The molecule has 1 aliphatic rings. The number of benzene rings is 1. The molecule has 1 saturated carbocycles. The van der Waals surface area contributed by atoms with E-state index < -0.39 is 0 Å². The van der Waals surface area contributed by atoms with Gasteiger partial charge in [0.1, 0.15) is 0 Å². The molecule has 18 heavy (non-hydrogen) atoms. The SMILES string of the molecule is CC(CO)C(C)NC1CC(c2ccccc2Br)C1. The third-order valence-electron chi connectivity index (χ3n) is 4.12. The molecule has 0 aliphatic heterocycles. The topological polar surface area (TPSA) is 32.3 Å². The lowest BCUT2D eigenvalue weighted by atomic mass is 9.75. The van der Waals surface area contributed by atoms with Crippen molar-refractivity contribution in [3.8, 4) is 0 Å². The third-order valence-corrected chi connectivity index (χ3v) is 4.85. The molecule has 2 rings (SSSR count). The smallest absolute Gasteiger partial charge is 0.0471 e. The van der Waals surface area contributed by atoms with Crippen molar-refractivity contribution in [2.75, 3.05) is 6.61 Å². The van der Waals surface area contributed by atoms with Crippen LogP contribution in [0.4, 0.5) is 0 Å². The molecular formula is C15H22BrNO. The zero-order valence-electron chi connectivity index (χ0n) is 11.1. The number of halogens is 1. The second-order valence-corrected chi connectivity index (χ2v) is 6.36. The fourth-order valence-electron chi connectivity index (χ4n) is 2.51. The maximum Gasteiger partial charge on any atom is 0.0471 e. The van der Waals surface area contributed by atoms with E-state index in [0.29, 0.717) is 23.9 Å². The largest absolute Gasteiger partial charge is 0.396 e. The van der Waals surface area contributed by atoms with Gasteiger partial charge in [-0.3, -0.25) is 0 Å². The molecular weight excluding hydrogens is 290 g/mol. The van der Waals surface area contributed by atoms with Crippen LogP contribution in [0.25, 0.3) is 0 Å².